The van der Waals surface area contributed by atoms with Gasteiger partial charge in [-0.05, 0) is 29.8 Å². The van der Waals surface area contributed by atoms with Crippen LogP contribution in [0.2, 0.25) is 0 Å². The molecule has 0 aliphatic carbocycles. The molecule has 3 rings (SSSR count). The number of hydrogen-bond donors (Lipinski definition) is 1. The number of aliphatic carboxylic acids is 1. The standard InChI is InChI=1S/C18H15FN2O4S/c1-26(24,25)15-8-4-13(5-9-15)18-16(10-21(20-18)11-17(22)23)12-2-6-14(19)7-3-12/h2-10H,11H2,1H3,(H,22,23). The number of rotatable bonds is 5. The molecule has 0 radical (unpaired) electrons. The lowest BCUT2D eigenvalue weighted by atomic mass is 10.0. The molecule has 1 N–H and O–H groups in total. The van der Waals surface area contributed by atoms with Crippen LogP contribution in [0.4, 0.5) is 4.39 Å². The third-order valence-electron chi connectivity index (χ3n) is 3.77. The summed E-state index contributed by atoms with van der Waals surface area (Å²) >= 11 is 0. The largest absolute Gasteiger partial charge is 0.480 e. The Bertz CT molecular complexity index is 1060. The molecule has 3 aromatic rings. The van der Waals surface area contributed by atoms with Gasteiger partial charge < -0.3 is 5.11 Å². The van der Waals surface area contributed by atoms with Gasteiger partial charge in [-0.3, -0.25) is 9.48 Å². The molecule has 1 heterocycles. The fourth-order valence-electron chi connectivity index (χ4n) is 2.55. The molecule has 8 heteroatoms. The molecule has 134 valence electrons. The average molecular weight is 374 g/mol. The van der Waals surface area contributed by atoms with E-state index in [1.54, 1.807) is 30.5 Å². The molecule has 0 atom stereocenters. The van der Waals surface area contributed by atoms with Gasteiger partial charge in [-0.15, -0.1) is 0 Å². The Balaban J connectivity index is 2.11. The summed E-state index contributed by atoms with van der Waals surface area (Å²) in [6, 6.07) is 11.9. The molecule has 0 aliphatic rings. The van der Waals surface area contributed by atoms with Crippen LogP contribution in [0.25, 0.3) is 22.4 Å². The van der Waals surface area contributed by atoms with Crippen molar-refractivity contribution in [1.82, 2.24) is 9.78 Å². The van der Waals surface area contributed by atoms with Crippen LogP contribution in [0.15, 0.2) is 59.6 Å². The van der Waals surface area contributed by atoms with Crippen molar-refractivity contribution in [2.45, 2.75) is 11.4 Å². The third kappa shape index (κ3) is 3.80. The Morgan fingerprint density at radius 2 is 1.65 bits per heavy atom. The van der Waals surface area contributed by atoms with E-state index in [0.29, 0.717) is 22.4 Å². The Labute approximate surface area is 149 Å². The minimum absolute atomic E-state index is 0.176. The second kappa shape index (κ2) is 6.72. The number of aromatic nitrogens is 2. The highest BCUT2D eigenvalue weighted by atomic mass is 32.2. The highest BCUT2D eigenvalue weighted by Crippen LogP contribution is 2.31. The van der Waals surface area contributed by atoms with E-state index in [0.717, 1.165) is 6.26 Å². The summed E-state index contributed by atoms with van der Waals surface area (Å²) in [5.41, 5.74) is 2.40. The number of carboxylic acid groups (broad SMARTS) is 1. The van der Waals surface area contributed by atoms with Crippen molar-refractivity contribution in [3.63, 3.8) is 0 Å². The molecule has 0 spiro atoms. The summed E-state index contributed by atoms with van der Waals surface area (Å²) in [5, 5.41) is 13.3. The first-order valence-electron chi connectivity index (χ1n) is 7.60. The number of halogens is 1. The molecule has 0 fully saturated rings. The van der Waals surface area contributed by atoms with Gasteiger partial charge >= 0.3 is 5.97 Å². The highest BCUT2D eigenvalue weighted by Gasteiger charge is 2.16. The summed E-state index contributed by atoms with van der Waals surface area (Å²) < 4.78 is 37.7. The van der Waals surface area contributed by atoms with Gasteiger partial charge in [0.1, 0.15) is 18.1 Å². The van der Waals surface area contributed by atoms with E-state index in [4.69, 9.17) is 5.11 Å². The van der Waals surface area contributed by atoms with E-state index in [9.17, 15) is 17.6 Å². The molecular formula is C18H15FN2O4S. The molecule has 0 aliphatic heterocycles. The molecule has 26 heavy (non-hydrogen) atoms. The maximum Gasteiger partial charge on any atom is 0.325 e. The van der Waals surface area contributed by atoms with Crippen molar-refractivity contribution in [2.24, 2.45) is 0 Å². The Morgan fingerprint density at radius 3 is 2.19 bits per heavy atom. The van der Waals surface area contributed by atoms with Crippen LogP contribution in [0.1, 0.15) is 0 Å². The van der Waals surface area contributed by atoms with Gasteiger partial charge in [0.2, 0.25) is 0 Å². The lowest BCUT2D eigenvalue weighted by Crippen LogP contribution is -2.08. The number of nitrogens with zero attached hydrogens (tertiary/aromatic N) is 2. The predicted molar refractivity (Wildman–Crippen MR) is 93.8 cm³/mol. The first-order chi connectivity index (χ1) is 12.2. The average Bonchev–Trinajstić information content (AvgIpc) is 2.98. The third-order valence-corrected chi connectivity index (χ3v) is 4.90. The van der Waals surface area contributed by atoms with Gasteiger partial charge in [0.05, 0.1) is 4.90 Å². The van der Waals surface area contributed by atoms with E-state index < -0.39 is 15.8 Å². The lowest BCUT2D eigenvalue weighted by Gasteiger charge is -2.04. The highest BCUT2D eigenvalue weighted by molar-refractivity contribution is 7.90. The predicted octanol–water partition coefficient (Wildman–Crippen LogP) is 2.84. The van der Waals surface area contributed by atoms with Crippen LogP contribution in [-0.4, -0.2) is 35.5 Å². The van der Waals surface area contributed by atoms with Crippen molar-refractivity contribution in [2.75, 3.05) is 6.26 Å². The first kappa shape index (κ1) is 17.8. The van der Waals surface area contributed by atoms with Crippen LogP contribution in [-0.2, 0) is 21.2 Å². The van der Waals surface area contributed by atoms with Gasteiger partial charge in [-0.25, -0.2) is 12.8 Å². The summed E-state index contributed by atoms with van der Waals surface area (Å²) in [6.07, 6.45) is 2.69. The van der Waals surface area contributed by atoms with Crippen LogP contribution in [0.5, 0.6) is 0 Å². The quantitative estimate of drug-likeness (QED) is 0.742. The number of carbonyl (C=O) groups is 1. The topological polar surface area (TPSA) is 89.3 Å². The molecule has 0 amide bonds. The minimum Gasteiger partial charge on any atom is -0.480 e. The number of sulfone groups is 1. The van der Waals surface area contributed by atoms with Crippen LogP contribution >= 0.6 is 0 Å². The number of hydrogen-bond acceptors (Lipinski definition) is 4. The fraction of sp³-hybridized carbons (Fsp3) is 0.111. The summed E-state index contributed by atoms with van der Waals surface area (Å²) in [5.74, 6) is -1.43. The molecule has 6 nitrogen and oxygen atoms in total. The van der Waals surface area contributed by atoms with Crippen molar-refractivity contribution in [1.29, 1.82) is 0 Å². The van der Waals surface area contributed by atoms with Crippen molar-refractivity contribution >= 4 is 15.8 Å². The Kier molecular flexibility index (Phi) is 4.60. The van der Waals surface area contributed by atoms with Crippen molar-refractivity contribution < 1.29 is 22.7 Å². The zero-order valence-electron chi connectivity index (χ0n) is 13.8. The summed E-state index contributed by atoms with van der Waals surface area (Å²) in [4.78, 5) is 11.2. The number of carboxylic acids is 1. The van der Waals surface area contributed by atoms with Crippen LogP contribution in [0.3, 0.4) is 0 Å². The van der Waals surface area contributed by atoms with Crippen molar-refractivity contribution in [3.05, 3.63) is 60.5 Å². The number of benzene rings is 2. The maximum absolute atomic E-state index is 13.2. The van der Waals surface area contributed by atoms with Crippen LogP contribution in [0, 0.1) is 5.82 Å². The molecule has 0 saturated heterocycles. The van der Waals surface area contributed by atoms with Gasteiger partial charge in [0, 0.05) is 23.6 Å². The van der Waals surface area contributed by atoms with Crippen LogP contribution < -0.4 is 0 Å². The second-order valence-corrected chi connectivity index (χ2v) is 7.80. The van der Waals surface area contributed by atoms with E-state index in [1.807, 2.05) is 0 Å². The smallest absolute Gasteiger partial charge is 0.325 e. The molecule has 0 saturated carbocycles. The van der Waals surface area contributed by atoms with E-state index >= 15 is 0 Å². The maximum atomic E-state index is 13.2. The molecule has 0 bridgehead atoms. The van der Waals surface area contributed by atoms with Gasteiger partial charge in [0.25, 0.3) is 0 Å². The van der Waals surface area contributed by atoms with Gasteiger partial charge in [0.15, 0.2) is 9.84 Å². The first-order valence-corrected chi connectivity index (χ1v) is 9.49. The molecule has 0 unspecified atom stereocenters. The Morgan fingerprint density at radius 1 is 1.08 bits per heavy atom. The monoisotopic (exact) mass is 374 g/mol. The summed E-state index contributed by atoms with van der Waals surface area (Å²) in [7, 11) is -3.32. The summed E-state index contributed by atoms with van der Waals surface area (Å²) in [6.45, 7) is -0.324. The van der Waals surface area contributed by atoms with E-state index in [-0.39, 0.29) is 17.3 Å². The van der Waals surface area contributed by atoms with Gasteiger partial charge in [-0.1, -0.05) is 24.3 Å². The molecule has 1 aromatic heterocycles. The zero-order chi connectivity index (χ0) is 18.9. The second-order valence-electron chi connectivity index (χ2n) is 5.79. The van der Waals surface area contributed by atoms with E-state index in [1.165, 1.54) is 28.9 Å². The Hall–Kier alpha value is -3.00. The minimum atomic E-state index is -3.32. The molecule has 2 aromatic carbocycles. The lowest BCUT2D eigenvalue weighted by molar-refractivity contribution is -0.137. The SMILES string of the molecule is CS(=O)(=O)c1ccc(-c2nn(CC(=O)O)cc2-c2ccc(F)cc2)cc1. The zero-order valence-corrected chi connectivity index (χ0v) is 14.6. The fourth-order valence-corrected chi connectivity index (χ4v) is 3.19. The molecular weight excluding hydrogens is 359 g/mol. The normalized spacial score (nSPS) is 11.5. The van der Waals surface area contributed by atoms with Gasteiger partial charge in [-0.2, -0.15) is 5.10 Å². The van der Waals surface area contributed by atoms with E-state index in [2.05, 4.69) is 5.10 Å². The van der Waals surface area contributed by atoms with Crippen molar-refractivity contribution in [3.8, 4) is 22.4 Å².